The van der Waals surface area contributed by atoms with Crippen LogP contribution >= 0.6 is 11.9 Å². The Morgan fingerprint density at radius 1 is 1.56 bits per heavy atom. The number of benzene rings is 1. The molecule has 0 fully saturated rings. The molecule has 0 aliphatic heterocycles. The van der Waals surface area contributed by atoms with Crippen LogP contribution in [0.4, 0.5) is 11.4 Å². The molecule has 0 saturated carbocycles. The highest BCUT2D eigenvalue weighted by atomic mass is 32.2. The quantitative estimate of drug-likeness (QED) is 0.346. The number of hydrogen-bond acceptors (Lipinski definition) is 5. The summed E-state index contributed by atoms with van der Waals surface area (Å²) < 4.78 is 0. The maximum Gasteiger partial charge on any atom is 0.270 e. The van der Waals surface area contributed by atoms with Gasteiger partial charge in [0.1, 0.15) is 0 Å². The minimum atomic E-state index is -0.421. The number of nitrogens with two attached hydrogens (primary N) is 1. The van der Waals surface area contributed by atoms with Crippen molar-refractivity contribution in [3.8, 4) is 0 Å². The summed E-state index contributed by atoms with van der Waals surface area (Å²) in [5.74, 6) is 0. The van der Waals surface area contributed by atoms with E-state index >= 15 is 0 Å². The first kappa shape index (κ1) is 12.8. The Morgan fingerprint density at radius 2 is 2.31 bits per heavy atom. The van der Waals surface area contributed by atoms with Crippen LogP contribution in [-0.2, 0) is 0 Å². The third-order valence-corrected chi connectivity index (χ3v) is 2.74. The summed E-state index contributed by atoms with van der Waals surface area (Å²) >= 11 is 1.02. The van der Waals surface area contributed by atoms with Gasteiger partial charge in [-0.2, -0.15) is 0 Å². The van der Waals surface area contributed by atoms with Gasteiger partial charge in [0.25, 0.3) is 5.69 Å². The molecule has 0 spiro atoms. The highest BCUT2D eigenvalue weighted by molar-refractivity contribution is 7.97. The number of anilines is 1. The van der Waals surface area contributed by atoms with Crippen molar-refractivity contribution >= 4 is 23.3 Å². The molecule has 0 radical (unpaired) electrons. The van der Waals surface area contributed by atoms with Crippen molar-refractivity contribution in [2.75, 3.05) is 11.9 Å². The molecule has 0 amide bonds. The van der Waals surface area contributed by atoms with Gasteiger partial charge in [-0.15, -0.1) is 0 Å². The number of unbranched alkanes of at least 4 members (excludes halogenated alkanes) is 1. The summed E-state index contributed by atoms with van der Waals surface area (Å²) in [6, 6.07) is 4.66. The van der Waals surface area contributed by atoms with Crippen LogP contribution in [0.25, 0.3) is 0 Å². The van der Waals surface area contributed by atoms with E-state index in [9.17, 15) is 10.1 Å². The van der Waals surface area contributed by atoms with E-state index in [2.05, 4.69) is 12.2 Å². The Kier molecular flexibility index (Phi) is 5.07. The molecule has 0 unspecified atom stereocenters. The number of nitrogens with zero attached hydrogens (tertiary/aromatic N) is 1. The van der Waals surface area contributed by atoms with Gasteiger partial charge in [-0.05, 0) is 24.4 Å². The molecule has 1 aromatic rings. The van der Waals surface area contributed by atoms with Gasteiger partial charge in [0, 0.05) is 24.4 Å². The van der Waals surface area contributed by atoms with Gasteiger partial charge in [-0.1, -0.05) is 13.3 Å². The normalized spacial score (nSPS) is 10.1. The van der Waals surface area contributed by atoms with E-state index < -0.39 is 4.92 Å². The third kappa shape index (κ3) is 3.39. The fourth-order valence-corrected chi connectivity index (χ4v) is 1.72. The second-order valence-corrected chi connectivity index (χ2v) is 4.01. The predicted octanol–water partition coefficient (Wildman–Crippen LogP) is 2.77. The van der Waals surface area contributed by atoms with Crippen molar-refractivity contribution in [2.24, 2.45) is 5.14 Å². The molecular weight excluding hydrogens is 226 g/mol. The van der Waals surface area contributed by atoms with Crippen LogP contribution < -0.4 is 10.5 Å². The zero-order valence-electron chi connectivity index (χ0n) is 9.10. The highest BCUT2D eigenvalue weighted by Gasteiger charge is 2.09. The average Bonchev–Trinajstić information content (AvgIpc) is 2.29. The van der Waals surface area contributed by atoms with Crippen molar-refractivity contribution < 1.29 is 4.92 Å². The molecular formula is C10H15N3O2S. The monoisotopic (exact) mass is 241 g/mol. The van der Waals surface area contributed by atoms with E-state index in [0.717, 1.165) is 37.0 Å². The Morgan fingerprint density at radius 3 is 2.88 bits per heavy atom. The molecule has 88 valence electrons. The molecule has 0 aliphatic carbocycles. The van der Waals surface area contributed by atoms with E-state index in [1.807, 2.05) is 0 Å². The molecule has 6 heteroatoms. The SMILES string of the molecule is CCCCNc1ccc([N+](=O)[O-])cc1SN. The first-order valence-electron chi connectivity index (χ1n) is 5.08. The van der Waals surface area contributed by atoms with Crippen LogP contribution in [0.2, 0.25) is 0 Å². The van der Waals surface area contributed by atoms with Crippen LogP contribution in [0, 0.1) is 10.1 Å². The molecule has 1 rings (SSSR count). The molecule has 16 heavy (non-hydrogen) atoms. The van der Waals surface area contributed by atoms with Gasteiger partial charge >= 0.3 is 0 Å². The fraction of sp³-hybridized carbons (Fsp3) is 0.400. The van der Waals surface area contributed by atoms with E-state index in [4.69, 9.17) is 5.14 Å². The summed E-state index contributed by atoms with van der Waals surface area (Å²) in [6.07, 6.45) is 2.16. The second kappa shape index (κ2) is 6.34. The van der Waals surface area contributed by atoms with E-state index in [0.29, 0.717) is 4.90 Å². The predicted molar refractivity (Wildman–Crippen MR) is 66.5 cm³/mol. The molecule has 3 N–H and O–H groups in total. The number of non-ortho nitro benzene ring substituents is 1. The molecule has 0 heterocycles. The van der Waals surface area contributed by atoms with Crippen LogP contribution in [0.15, 0.2) is 23.1 Å². The molecule has 0 aromatic heterocycles. The summed E-state index contributed by atoms with van der Waals surface area (Å²) in [4.78, 5) is 10.9. The number of nitrogens with one attached hydrogen (secondary N) is 1. The third-order valence-electron chi connectivity index (χ3n) is 2.15. The molecule has 5 nitrogen and oxygen atoms in total. The first-order valence-corrected chi connectivity index (χ1v) is 5.96. The van der Waals surface area contributed by atoms with Gasteiger partial charge in [0.2, 0.25) is 0 Å². The standard InChI is InChI=1S/C10H15N3O2S/c1-2-3-6-12-9-5-4-8(13(14)15)7-10(9)16-11/h4-5,7,12H,2-3,6,11H2,1H3. The summed E-state index contributed by atoms with van der Waals surface area (Å²) in [6.45, 7) is 2.96. The van der Waals surface area contributed by atoms with Crippen LogP contribution in [0.5, 0.6) is 0 Å². The van der Waals surface area contributed by atoms with E-state index in [-0.39, 0.29) is 5.69 Å². The van der Waals surface area contributed by atoms with Crippen LogP contribution in [-0.4, -0.2) is 11.5 Å². The number of hydrogen-bond donors (Lipinski definition) is 2. The van der Waals surface area contributed by atoms with Gasteiger partial charge in [0.15, 0.2) is 0 Å². The molecule has 1 aromatic carbocycles. The van der Waals surface area contributed by atoms with Crippen LogP contribution in [0.1, 0.15) is 19.8 Å². The van der Waals surface area contributed by atoms with Crippen molar-refractivity contribution in [3.63, 3.8) is 0 Å². The minimum Gasteiger partial charge on any atom is -0.384 e. The zero-order valence-corrected chi connectivity index (χ0v) is 9.92. The number of rotatable bonds is 6. The van der Waals surface area contributed by atoms with Crippen molar-refractivity contribution in [1.82, 2.24) is 0 Å². The fourth-order valence-electron chi connectivity index (χ4n) is 1.27. The lowest BCUT2D eigenvalue weighted by Crippen LogP contribution is -2.03. The highest BCUT2D eigenvalue weighted by Crippen LogP contribution is 2.28. The van der Waals surface area contributed by atoms with E-state index in [1.54, 1.807) is 6.07 Å². The topological polar surface area (TPSA) is 81.2 Å². The van der Waals surface area contributed by atoms with Gasteiger partial charge in [0.05, 0.1) is 9.82 Å². The zero-order chi connectivity index (χ0) is 12.0. The first-order chi connectivity index (χ1) is 7.69. The molecule has 0 bridgehead atoms. The van der Waals surface area contributed by atoms with E-state index in [1.165, 1.54) is 12.1 Å². The lowest BCUT2D eigenvalue weighted by molar-refractivity contribution is -0.385. The van der Waals surface area contributed by atoms with Gasteiger partial charge in [-0.3, -0.25) is 15.3 Å². The van der Waals surface area contributed by atoms with Gasteiger partial charge < -0.3 is 5.32 Å². The Labute approximate surface area is 98.7 Å². The molecule has 0 saturated heterocycles. The van der Waals surface area contributed by atoms with Crippen molar-refractivity contribution in [3.05, 3.63) is 28.3 Å². The average molecular weight is 241 g/mol. The maximum absolute atomic E-state index is 10.6. The number of nitro groups is 1. The van der Waals surface area contributed by atoms with Crippen molar-refractivity contribution in [2.45, 2.75) is 24.7 Å². The lowest BCUT2D eigenvalue weighted by Gasteiger charge is -2.09. The number of nitro benzene ring substituents is 1. The van der Waals surface area contributed by atoms with Crippen molar-refractivity contribution in [1.29, 1.82) is 0 Å². The Balaban J connectivity index is 2.80. The second-order valence-electron chi connectivity index (χ2n) is 3.34. The smallest absolute Gasteiger partial charge is 0.270 e. The summed E-state index contributed by atoms with van der Waals surface area (Å²) in [5.41, 5.74) is 0.917. The molecule has 0 atom stereocenters. The van der Waals surface area contributed by atoms with Gasteiger partial charge in [-0.25, -0.2) is 0 Å². The van der Waals surface area contributed by atoms with Crippen LogP contribution in [0.3, 0.4) is 0 Å². The lowest BCUT2D eigenvalue weighted by atomic mass is 10.2. The Hall–Kier alpha value is -1.27. The largest absolute Gasteiger partial charge is 0.384 e. The molecule has 0 aliphatic rings. The summed E-state index contributed by atoms with van der Waals surface area (Å²) in [7, 11) is 0. The Bertz CT molecular complexity index is 371. The summed E-state index contributed by atoms with van der Waals surface area (Å²) in [5, 5.41) is 19.3. The minimum absolute atomic E-state index is 0.0639. The maximum atomic E-state index is 10.6.